The van der Waals surface area contributed by atoms with Crippen LogP contribution in [0.25, 0.3) is 11.1 Å². The molecule has 0 atom stereocenters. The predicted molar refractivity (Wildman–Crippen MR) is 149 cm³/mol. The monoisotopic (exact) mass is 591 g/mol. The number of amides is 1. The molecule has 0 aliphatic carbocycles. The number of ether oxygens (including phenoxy) is 2. The van der Waals surface area contributed by atoms with Crippen LogP contribution in [0.2, 0.25) is 0 Å². The summed E-state index contributed by atoms with van der Waals surface area (Å²) in [6.45, 7) is 0. The van der Waals surface area contributed by atoms with Crippen LogP contribution in [-0.4, -0.2) is 41.1 Å². The first kappa shape index (κ1) is 28.7. The predicted octanol–water partition coefficient (Wildman–Crippen LogP) is 6.42. The van der Waals surface area contributed by atoms with E-state index >= 15 is 0 Å². The van der Waals surface area contributed by atoms with Gasteiger partial charge in [-0.2, -0.15) is 18.3 Å². The number of nitrogens with one attached hydrogen (secondary N) is 1. The van der Waals surface area contributed by atoms with E-state index < -0.39 is 29.8 Å². The first-order valence-corrected chi connectivity index (χ1v) is 12.4. The van der Waals surface area contributed by atoms with Crippen LogP contribution >= 0.6 is 0 Å². The SMILES string of the molecule is COC(=O)c1cccc(N2C(=O)C(=NNc3cccc(-c4cccc(OC(=O)O)c4)c3O)c3ccc(C(F)(F)F)cc32)c1. The van der Waals surface area contributed by atoms with Gasteiger partial charge in [0.25, 0.3) is 5.91 Å². The van der Waals surface area contributed by atoms with Crippen molar-refractivity contribution in [2.24, 2.45) is 5.10 Å². The Morgan fingerprint density at radius 3 is 2.40 bits per heavy atom. The van der Waals surface area contributed by atoms with Gasteiger partial charge in [0.1, 0.15) is 11.5 Å². The molecule has 1 heterocycles. The third-order valence-electron chi connectivity index (χ3n) is 6.43. The Balaban J connectivity index is 1.55. The molecule has 0 fully saturated rings. The summed E-state index contributed by atoms with van der Waals surface area (Å²) in [5, 5.41) is 24.0. The first-order chi connectivity index (χ1) is 20.5. The van der Waals surface area contributed by atoms with Crippen LogP contribution in [0.5, 0.6) is 11.5 Å². The quantitative estimate of drug-likeness (QED) is 0.101. The molecule has 4 aromatic carbocycles. The molecule has 0 spiro atoms. The minimum absolute atomic E-state index is 0.0192. The van der Waals surface area contributed by atoms with Crippen molar-refractivity contribution in [3.05, 3.63) is 102 Å². The third kappa shape index (κ3) is 5.68. The average molecular weight is 591 g/mol. The maximum atomic E-state index is 13.6. The van der Waals surface area contributed by atoms with E-state index in [0.717, 1.165) is 23.1 Å². The maximum Gasteiger partial charge on any atom is 0.511 e. The average Bonchev–Trinajstić information content (AvgIpc) is 3.25. The molecule has 43 heavy (non-hydrogen) atoms. The summed E-state index contributed by atoms with van der Waals surface area (Å²) in [5.41, 5.74) is 2.21. The van der Waals surface area contributed by atoms with Gasteiger partial charge in [0.05, 0.1) is 35.3 Å². The molecule has 0 saturated carbocycles. The van der Waals surface area contributed by atoms with Crippen molar-refractivity contribution in [1.82, 2.24) is 0 Å². The van der Waals surface area contributed by atoms with Gasteiger partial charge in [0.15, 0.2) is 5.71 Å². The second kappa shape index (κ2) is 11.2. The van der Waals surface area contributed by atoms with Crippen LogP contribution in [0.1, 0.15) is 21.5 Å². The molecule has 0 saturated heterocycles. The normalized spacial score (nSPS) is 13.5. The van der Waals surface area contributed by atoms with Crippen LogP contribution < -0.4 is 15.1 Å². The summed E-state index contributed by atoms with van der Waals surface area (Å²) < 4.78 is 50.2. The zero-order valence-corrected chi connectivity index (χ0v) is 22.0. The minimum atomic E-state index is -4.70. The van der Waals surface area contributed by atoms with Crippen LogP contribution in [0.4, 0.5) is 35.0 Å². The number of esters is 1. The number of para-hydroxylation sites is 1. The van der Waals surface area contributed by atoms with Crippen molar-refractivity contribution in [2.45, 2.75) is 6.18 Å². The summed E-state index contributed by atoms with van der Waals surface area (Å²) in [6.07, 6.45) is -6.21. The van der Waals surface area contributed by atoms with E-state index in [4.69, 9.17) is 9.84 Å². The smallest absolute Gasteiger partial charge is 0.505 e. The van der Waals surface area contributed by atoms with Gasteiger partial charge in [0, 0.05) is 11.1 Å². The van der Waals surface area contributed by atoms with E-state index in [1.165, 1.54) is 55.6 Å². The summed E-state index contributed by atoms with van der Waals surface area (Å²) in [6, 6.07) is 18.9. The third-order valence-corrected chi connectivity index (χ3v) is 6.43. The van der Waals surface area contributed by atoms with Gasteiger partial charge in [-0.05, 0) is 60.2 Å². The van der Waals surface area contributed by atoms with E-state index in [2.05, 4.69) is 15.3 Å². The lowest BCUT2D eigenvalue weighted by atomic mass is 10.0. The molecule has 3 N–H and O–H groups in total. The highest BCUT2D eigenvalue weighted by molar-refractivity contribution is 6.55. The fourth-order valence-electron chi connectivity index (χ4n) is 4.49. The number of nitrogens with zero attached hydrogens (tertiary/aromatic N) is 2. The van der Waals surface area contributed by atoms with Gasteiger partial charge >= 0.3 is 18.3 Å². The molecule has 5 rings (SSSR count). The molecule has 0 radical (unpaired) electrons. The molecule has 10 nitrogen and oxygen atoms in total. The highest BCUT2D eigenvalue weighted by atomic mass is 19.4. The van der Waals surface area contributed by atoms with E-state index in [9.17, 15) is 32.7 Å². The van der Waals surface area contributed by atoms with E-state index in [-0.39, 0.29) is 51.0 Å². The molecule has 0 aromatic heterocycles. The molecule has 218 valence electrons. The Morgan fingerprint density at radius 2 is 1.67 bits per heavy atom. The van der Waals surface area contributed by atoms with Gasteiger partial charge in [-0.3, -0.25) is 15.1 Å². The lowest BCUT2D eigenvalue weighted by molar-refractivity contribution is -0.137. The fraction of sp³-hybridized carbons (Fsp3) is 0.0667. The minimum Gasteiger partial charge on any atom is -0.505 e. The second-order valence-corrected chi connectivity index (χ2v) is 9.08. The molecule has 13 heteroatoms. The Hall–Kier alpha value is -5.85. The summed E-state index contributed by atoms with van der Waals surface area (Å²) in [4.78, 5) is 37.6. The van der Waals surface area contributed by atoms with E-state index in [1.54, 1.807) is 18.2 Å². The largest absolute Gasteiger partial charge is 0.511 e. The highest BCUT2D eigenvalue weighted by Gasteiger charge is 2.39. The van der Waals surface area contributed by atoms with Gasteiger partial charge in [-0.15, -0.1) is 0 Å². The second-order valence-electron chi connectivity index (χ2n) is 9.08. The number of alkyl halides is 3. The molecule has 4 aromatic rings. The Bertz CT molecular complexity index is 1800. The number of carbonyl (C=O) groups excluding carboxylic acids is 2. The van der Waals surface area contributed by atoms with E-state index in [1.807, 2.05) is 0 Å². The number of hydrogen-bond donors (Lipinski definition) is 3. The number of phenolic OH excluding ortho intramolecular Hbond substituents is 1. The van der Waals surface area contributed by atoms with Crippen molar-refractivity contribution in [3.63, 3.8) is 0 Å². The highest BCUT2D eigenvalue weighted by Crippen LogP contribution is 2.41. The van der Waals surface area contributed by atoms with Gasteiger partial charge in [0.2, 0.25) is 0 Å². The van der Waals surface area contributed by atoms with E-state index in [0.29, 0.717) is 5.56 Å². The van der Waals surface area contributed by atoms with Crippen LogP contribution in [0.15, 0.2) is 90.0 Å². The number of carboxylic acid groups (broad SMARTS) is 1. The van der Waals surface area contributed by atoms with Gasteiger partial charge < -0.3 is 19.7 Å². The van der Waals surface area contributed by atoms with Crippen LogP contribution in [0.3, 0.4) is 0 Å². The summed E-state index contributed by atoms with van der Waals surface area (Å²) in [7, 11) is 1.17. The number of hydrogen-bond acceptors (Lipinski definition) is 8. The number of anilines is 3. The van der Waals surface area contributed by atoms with Gasteiger partial charge in [-0.25, -0.2) is 9.59 Å². The number of carbonyl (C=O) groups is 3. The molecule has 0 bridgehead atoms. The summed E-state index contributed by atoms with van der Waals surface area (Å²) in [5.74, 6) is -1.78. The van der Waals surface area contributed by atoms with Crippen LogP contribution in [-0.2, 0) is 15.7 Å². The topological polar surface area (TPSA) is 138 Å². The number of phenols is 1. The summed E-state index contributed by atoms with van der Waals surface area (Å²) >= 11 is 0. The van der Waals surface area contributed by atoms with Gasteiger partial charge in [-0.1, -0.05) is 30.3 Å². The lowest BCUT2D eigenvalue weighted by Gasteiger charge is -2.18. The molecule has 1 amide bonds. The molecular formula is C30H20F3N3O7. The number of hydrazone groups is 1. The van der Waals surface area contributed by atoms with Crippen molar-refractivity contribution in [3.8, 4) is 22.6 Å². The Kier molecular flexibility index (Phi) is 7.47. The molecule has 1 aliphatic rings. The zero-order valence-electron chi connectivity index (χ0n) is 22.0. The lowest BCUT2D eigenvalue weighted by Crippen LogP contribution is -2.26. The fourth-order valence-corrected chi connectivity index (χ4v) is 4.49. The number of rotatable bonds is 6. The number of methoxy groups -OCH3 is 1. The maximum absolute atomic E-state index is 13.6. The van der Waals surface area contributed by atoms with Crippen molar-refractivity contribution < 1.29 is 47.2 Å². The van der Waals surface area contributed by atoms with Crippen molar-refractivity contribution in [1.29, 1.82) is 0 Å². The standard InChI is InChI=1S/C30H20F3N3O7/c1-42-28(39)17-6-2-7-19(13-17)36-24-15-18(30(31,32)33)11-12-22(24)25(27(36)38)35-34-23-10-4-9-21(26(23)37)16-5-3-8-20(14-16)43-29(40)41/h2-15,34,37H,1H3,(H,40,41). The molecule has 0 unspecified atom stereocenters. The molecular weight excluding hydrogens is 571 g/mol. The number of halogens is 3. The Labute approximate surface area is 241 Å². The van der Waals surface area contributed by atoms with Crippen molar-refractivity contribution >= 4 is 40.8 Å². The Morgan fingerprint density at radius 1 is 0.930 bits per heavy atom. The number of benzene rings is 4. The molecule has 1 aliphatic heterocycles. The number of aromatic hydroxyl groups is 1. The van der Waals surface area contributed by atoms with Crippen molar-refractivity contribution in [2.75, 3.05) is 17.4 Å². The number of fused-ring (bicyclic) bond motifs is 1. The first-order valence-electron chi connectivity index (χ1n) is 12.4. The van der Waals surface area contributed by atoms with Crippen LogP contribution in [0, 0.1) is 0 Å². The zero-order chi connectivity index (χ0) is 30.9.